The van der Waals surface area contributed by atoms with Gasteiger partial charge in [0.2, 0.25) is 11.8 Å². The minimum atomic E-state index is -0.122. The fraction of sp³-hybridized carbons (Fsp3) is 0.0625. The second-order valence-electron chi connectivity index (χ2n) is 4.73. The Morgan fingerprint density at radius 3 is 2.75 bits per heavy atom. The van der Waals surface area contributed by atoms with Gasteiger partial charge in [0.15, 0.2) is 0 Å². The number of thioether (sulfide) groups is 1. The number of anilines is 1. The molecule has 1 amide bonds. The summed E-state index contributed by atoms with van der Waals surface area (Å²) in [5, 5.41) is 11.2. The van der Waals surface area contributed by atoms with Crippen molar-refractivity contribution in [3.05, 3.63) is 56.6 Å². The molecule has 5 nitrogen and oxygen atoms in total. The van der Waals surface area contributed by atoms with Crippen LogP contribution in [0, 0.1) is 3.57 Å². The highest BCUT2D eigenvalue weighted by atomic mass is 127. The van der Waals surface area contributed by atoms with Crippen LogP contribution in [0.3, 0.4) is 0 Å². The van der Waals surface area contributed by atoms with Gasteiger partial charge in [-0.3, -0.25) is 4.79 Å². The van der Waals surface area contributed by atoms with E-state index >= 15 is 0 Å². The maximum atomic E-state index is 12.0. The molecule has 3 aromatic rings. The topological polar surface area (TPSA) is 68.0 Å². The van der Waals surface area contributed by atoms with Gasteiger partial charge in [-0.25, -0.2) is 0 Å². The van der Waals surface area contributed by atoms with Gasteiger partial charge in [0.1, 0.15) is 0 Å². The molecule has 0 saturated carbocycles. The van der Waals surface area contributed by atoms with Crippen LogP contribution < -0.4 is 5.32 Å². The molecular formula is C16H11BrIN3O2S. The molecule has 24 heavy (non-hydrogen) atoms. The molecule has 1 N–H and O–H groups in total. The van der Waals surface area contributed by atoms with Gasteiger partial charge in [-0.15, -0.1) is 10.2 Å². The van der Waals surface area contributed by atoms with E-state index < -0.39 is 0 Å². The fourth-order valence-corrected chi connectivity index (χ4v) is 3.19. The van der Waals surface area contributed by atoms with Crippen molar-refractivity contribution in [3.63, 3.8) is 0 Å². The normalized spacial score (nSPS) is 10.6. The lowest BCUT2D eigenvalue weighted by molar-refractivity contribution is -0.113. The van der Waals surface area contributed by atoms with Crippen molar-refractivity contribution in [3.8, 4) is 11.5 Å². The van der Waals surface area contributed by atoms with E-state index in [1.165, 1.54) is 11.8 Å². The van der Waals surface area contributed by atoms with Crippen molar-refractivity contribution in [2.45, 2.75) is 5.22 Å². The van der Waals surface area contributed by atoms with E-state index in [0.29, 0.717) is 11.1 Å². The zero-order valence-corrected chi connectivity index (χ0v) is 16.8. The van der Waals surface area contributed by atoms with Gasteiger partial charge in [0, 0.05) is 19.3 Å². The van der Waals surface area contributed by atoms with Gasteiger partial charge in [-0.05, 0) is 65.1 Å². The van der Waals surface area contributed by atoms with Crippen molar-refractivity contribution in [2.24, 2.45) is 0 Å². The molecule has 3 rings (SSSR count). The molecule has 0 radical (unpaired) electrons. The fourth-order valence-electron chi connectivity index (χ4n) is 1.86. The Morgan fingerprint density at radius 1 is 1.21 bits per heavy atom. The number of carbonyl (C=O) groups is 1. The smallest absolute Gasteiger partial charge is 0.277 e. The Kier molecular flexibility index (Phi) is 5.90. The van der Waals surface area contributed by atoms with Crippen LogP contribution in [0.5, 0.6) is 0 Å². The number of nitrogens with one attached hydrogen (secondary N) is 1. The summed E-state index contributed by atoms with van der Waals surface area (Å²) in [5.74, 6) is 0.506. The van der Waals surface area contributed by atoms with Crippen LogP contribution >= 0.6 is 50.3 Å². The standard InChI is InChI=1S/C16H11BrIN3O2S/c17-11-3-1-2-10(8-11)15-20-21-16(23-15)24-9-14(22)19-13-6-4-12(18)5-7-13/h1-8H,9H2,(H,19,22). The first kappa shape index (κ1) is 17.4. The number of hydrogen-bond donors (Lipinski definition) is 1. The van der Waals surface area contributed by atoms with Crippen LogP contribution in [0.1, 0.15) is 0 Å². The second kappa shape index (κ2) is 8.13. The number of nitrogens with zero attached hydrogens (tertiary/aromatic N) is 2. The molecule has 0 spiro atoms. The minimum Gasteiger partial charge on any atom is -0.411 e. The van der Waals surface area contributed by atoms with E-state index in [1.54, 1.807) is 0 Å². The third kappa shape index (κ3) is 4.81. The summed E-state index contributed by atoms with van der Waals surface area (Å²) in [6.45, 7) is 0. The average molecular weight is 516 g/mol. The van der Waals surface area contributed by atoms with Crippen LogP contribution in [0.15, 0.2) is 62.6 Å². The largest absolute Gasteiger partial charge is 0.411 e. The van der Waals surface area contributed by atoms with E-state index in [-0.39, 0.29) is 11.7 Å². The first-order valence-corrected chi connectivity index (χ1v) is 9.73. The lowest BCUT2D eigenvalue weighted by atomic mass is 10.2. The zero-order valence-electron chi connectivity index (χ0n) is 12.2. The summed E-state index contributed by atoms with van der Waals surface area (Å²) in [6, 6.07) is 15.2. The SMILES string of the molecule is O=C(CSc1nnc(-c2cccc(Br)c2)o1)Nc1ccc(I)cc1. The van der Waals surface area contributed by atoms with Crippen molar-refractivity contribution < 1.29 is 9.21 Å². The van der Waals surface area contributed by atoms with E-state index in [4.69, 9.17) is 4.42 Å². The van der Waals surface area contributed by atoms with Crippen LogP contribution in [0.2, 0.25) is 0 Å². The van der Waals surface area contributed by atoms with E-state index in [0.717, 1.165) is 19.3 Å². The van der Waals surface area contributed by atoms with Crippen LogP contribution in [0.4, 0.5) is 5.69 Å². The molecule has 1 aromatic heterocycles. The van der Waals surface area contributed by atoms with Crippen molar-refractivity contribution in [1.82, 2.24) is 10.2 Å². The molecule has 0 atom stereocenters. The number of carbonyl (C=O) groups excluding carboxylic acids is 1. The lowest BCUT2D eigenvalue weighted by Gasteiger charge is -2.03. The molecule has 0 aliphatic rings. The first-order valence-electron chi connectivity index (χ1n) is 6.88. The molecular weight excluding hydrogens is 505 g/mol. The monoisotopic (exact) mass is 515 g/mol. The molecule has 8 heteroatoms. The molecule has 0 unspecified atom stereocenters. The molecule has 0 bridgehead atoms. The number of halogens is 2. The maximum absolute atomic E-state index is 12.0. The second-order valence-corrected chi connectivity index (χ2v) is 7.82. The van der Waals surface area contributed by atoms with Gasteiger partial charge in [-0.2, -0.15) is 0 Å². The van der Waals surface area contributed by atoms with E-state index in [1.807, 2.05) is 48.5 Å². The molecule has 0 aliphatic carbocycles. The Morgan fingerprint density at radius 2 is 2.00 bits per heavy atom. The summed E-state index contributed by atoms with van der Waals surface area (Å²) < 4.78 is 7.63. The predicted octanol–water partition coefficient (Wildman–Crippen LogP) is 4.83. The summed E-state index contributed by atoms with van der Waals surface area (Å²) in [6.07, 6.45) is 0. The number of benzene rings is 2. The third-order valence-corrected chi connectivity index (χ3v) is 4.96. The highest BCUT2D eigenvalue weighted by Crippen LogP contribution is 2.25. The van der Waals surface area contributed by atoms with Crippen molar-refractivity contribution >= 4 is 61.9 Å². The Bertz CT molecular complexity index is 855. The first-order chi connectivity index (χ1) is 11.6. The third-order valence-electron chi connectivity index (χ3n) is 2.93. The number of hydrogen-bond acceptors (Lipinski definition) is 5. The van der Waals surface area contributed by atoms with Gasteiger partial charge >= 0.3 is 0 Å². The number of amides is 1. The molecule has 2 aromatic carbocycles. The summed E-state index contributed by atoms with van der Waals surface area (Å²) in [4.78, 5) is 12.0. The molecule has 1 heterocycles. The summed E-state index contributed by atoms with van der Waals surface area (Å²) >= 11 is 6.82. The van der Waals surface area contributed by atoms with E-state index in [9.17, 15) is 4.79 Å². The maximum Gasteiger partial charge on any atom is 0.277 e. The summed E-state index contributed by atoms with van der Waals surface area (Å²) in [5.41, 5.74) is 1.59. The minimum absolute atomic E-state index is 0.122. The van der Waals surface area contributed by atoms with E-state index in [2.05, 4.69) is 54.0 Å². The van der Waals surface area contributed by atoms with Gasteiger partial charge in [0.05, 0.1) is 5.75 Å². The van der Waals surface area contributed by atoms with Crippen LogP contribution in [-0.4, -0.2) is 21.9 Å². The predicted molar refractivity (Wildman–Crippen MR) is 106 cm³/mol. The zero-order chi connectivity index (χ0) is 16.9. The highest BCUT2D eigenvalue weighted by Gasteiger charge is 2.11. The van der Waals surface area contributed by atoms with Crippen molar-refractivity contribution in [1.29, 1.82) is 0 Å². The Labute approximate surface area is 164 Å². The molecule has 0 aliphatic heterocycles. The number of aromatic nitrogens is 2. The number of rotatable bonds is 5. The molecule has 0 fully saturated rings. The Hall–Kier alpha value is -1.39. The van der Waals surface area contributed by atoms with Crippen LogP contribution in [-0.2, 0) is 4.79 Å². The quantitative estimate of drug-likeness (QED) is 0.389. The van der Waals surface area contributed by atoms with Gasteiger partial charge in [0.25, 0.3) is 5.22 Å². The Balaban J connectivity index is 1.57. The van der Waals surface area contributed by atoms with Crippen molar-refractivity contribution in [2.75, 3.05) is 11.1 Å². The van der Waals surface area contributed by atoms with Gasteiger partial charge in [-0.1, -0.05) is 33.8 Å². The van der Waals surface area contributed by atoms with Crippen LogP contribution in [0.25, 0.3) is 11.5 Å². The lowest BCUT2D eigenvalue weighted by Crippen LogP contribution is -2.13. The highest BCUT2D eigenvalue weighted by molar-refractivity contribution is 14.1. The summed E-state index contributed by atoms with van der Waals surface area (Å²) in [7, 11) is 0. The molecule has 0 saturated heterocycles. The molecule has 122 valence electrons. The average Bonchev–Trinajstić information content (AvgIpc) is 3.04. The van der Waals surface area contributed by atoms with Gasteiger partial charge < -0.3 is 9.73 Å².